The van der Waals surface area contributed by atoms with Gasteiger partial charge in [0.25, 0.3) is 0 Å². The zero-order valence-electron chi connectivity index (χ0n) is 20.1. The zero-order chi connectivity index (χ0) is 25.4. The lowest BCUT2D eigenvalue weighted by atomic mass is 10.0. The van der Waals surface area contributed by atoms with E-state index >= 15 is 0 Å². The largest absolute Gasteiger partial charge is 0.503 e. The second-order valence-electron chi connectivity index (χ2n) is 7.97. The molecular formula is C27H29NO7. The van der Waals surface area contributed by atoms with Crippen LogP contribution in [-0.2, 0) is 9.53 Å². The van der Waals surface area contributed by atoms with E-state index in [0.717, 1.165) is 0 Å². The summed E-state index contributed by atoms with van der Waals surface area (Å²) in [7, 11) is 2.94. The zero-order valence-corrected chi connectivity index (χ0v) is 20.1. The van der Waals surface area contributed by atoms with Crippen LogP contribution in [0.2, 0.25) is 0 Å². The molecule has 8 nitrogen and oxygen atoms in total. The van der Waals surface area contributed by atoms with Crippen molar-refractivity contribution in [3.63, 3.8) is 0 Å². The topological polar surface area (TPSA) is 104 Å². The fraction of sp³-hybridized carbons (Fsp3) is 0.296. The molecule has 1 heterocycles. The average molecular weight is 480 g/mol. The van der Waals surface area contributed by atoms with E-state index in [1.54, 1.807) is 27.0 Å². The Labute approximate surface area is 204 Å². The Morgan fingerprint density at radius 3 is 2.26 bits per heavy atom. The Balaban J connectivity index is 1.75. The number of ketones is 1. The predicted molar refractivity (Wildman–Crippen MR) is 129 cm³/mol. The lowest BCUT2D eigenvalue weighted by Crippen LogP contribution is -2.30. The van der Waals surface area contributed by atoms with Gasteiger partial charge in [0.15, 0.2) is 29.1 Å². The van der Waals surface area contributed by atoms with E-state index in [9.17, 15) is 14.7 Å². The van der Waals surface area contributed by atoms with E-state index in [1.807, 2.05) is 48.5 Å². The summed E-state index contributed by atoms with van der Waals surface area (Å²) in [6, 6.07) is 18.0. The van der Waals surface area contributed by atoms with Gasteiger partial charge in [-0.25, -0.2) is 4.98 Å². The maximum absolute atomic E-state index is 12.9. The number of pyridine rings is 1. The van der Waals surface area contributed by atoms with Gasteiger partial charge in [-0.1, -0.05) is 43.3 Å². The molecule has 0 aliphatic rings. The molecule has 0 amide bonds. The maximum atomic E-state index is 12.9. The summed E-state index contributed by atoms with van der Waals surface area (Å²) in [5.74, 6) is -0.892. The number of aromatic nitrogens is 1. The van der Waals surface area contributed by atoms with Crippen molar-refractivity contribution in [2.24, 2.45) is 5.92 Å². The monoisotopic (exact) mass is 479 g/mol. The third kappa shape index (κ3) is 6.29. The minimum absolute atomic E-state index is 0.130. The van der Waals surface area contributed by atoms with Crippen molar-refractivity contribution in [2.45, 2.75) is 32.5 Å². The quantitative estimate of drug-likeness (QED) is 0.310. The minimum Gasteiger partial charge on any atom is -0.503 e. The normalized spacial score (nSPS) is 13.3. The molecule has 0 unspecified atom stereocenters. The number of para-hydroxylation sites is 2. The molecule has 0 saturated carbocycles. The molecule has 0 spiro atoms. The standard InChI is InChI=1S/C27H29NO7/c1-17(16-21(29)24-25(30)23(33-4)14-15-28-24)27(31)34-18(2)26(35-19-10-6-5-7-11-19)20-12-8-9-13-22(20)32-3/h5-15,17-18,26,30H,16H2,1-4H3/t17-,18+,26+/m1/s1. The molecule has 35 heavy (non-hydrogen) atoms. The van der Waals surface area contributed by atoms with Gasteiger partial charge in [-0.05, 0) is 25.1 Å². The molecule has 8 heteroatoms. The van der Waals surface area contributed by atoms with Gasteiger partial charge in [0.2, 0.25) is 0 Å². The molecule has 184 valence electrons. The summed E-state index contributed by atoms with van der Waals surface area (Å²) in [6.07, 6.45) is -0.210. The van der Waals surface area contributed by atoms with Crippen LogP contribution in [0.15, 0.2) is 66.9 Å². The van der Waals surface area contributed by atoms with Crippen LogP contribution in [0.25, 0.3) is 0 Å². The van der Waals surface area contributed by atoms with Crippen LogP contribution < -0.4 is 14.2 Å². The second kappa shape index (κ2) is 11.9. The molecule has 2 aromatic carbocycles. The van der Waals surface area contributed by atoms with E-state index in [1.165, 1.54) is 19.4 Å². The van der Waals surface area contributed by atoms with Crippen molar-refractivity contribution >= 4 is 11.8 Å². The van der Waals surface area contributed by atoms with Crippen molar-refractivity contribution in [3.05, 3.63) is 78.1 Å². The third-order valence-corrected chi connectivity index (χ3v) is 5.45. The summed E-state index contributed by atoms with van der Waals surface area (Å²) in [5.41, 5.74) is 0.560. The number of carbonyl (C=O) groups is 2. The number of nitrogens with zero attached hydrogens (tertiary/aromatic N) is 1. The van der Waals surface area contributed by atoms with Crippen LogP contribution in [0.4, 0.5) is 0 Å². The molecule has 3 atom stereocenters. The lowest BCUT2D eigenvalue weighted by molar-refractivity contribution is -0.157. The van der Waals surface area contributed by atoms with Crippen LogP contribution in [0, 0.1) is 5.92 Å². The Morgan fingerprint density at radius 2 is 1.57 bits per heavy atom. The van der Waals surface area contributed by atoms with Gasteiger partial charge in [-0.2, -0.15) is 0 Å². The summed E-state index contributed by atoms with van der Waals surface area (Å²) in [5, 5.41) is 10.2. The third-order valence-electron chi connectivity index (χ3n) is 5.45. The highest BCUT2D eigenvalue weighted by atomic mass is 16.6. The number of esters is 1. The first kappa shape index (κ1) is 25.6. The first-order valence-corrected chi connectivity index (χ1v) is 11.2. The smallest absolute Gasteiger partial charge is 0.309 e. The number of benzene rings is 2. The summed E-state index contributed by atoms with van der Waals surface area (Å²) in [4.78, 5) is 29.5. The highest BCUT2D eigenvalue weighted by Crippen LogP contribution is 2.33. The summed E-state index contributed by atoms with van der Waals surface area (Å²) < 4.78 is 22.4. The number of aromatic hydroxyl groups is 1. The van der Waals surface area contributed by atoms with E-state index in [-0.39, 0.29) is 23.6 Å². The Kier molecular flexibility index (Phi) is 8.67. The SMILES string of the molecule is COc1ccccc1[C@@H](Oc1ccccc1)[C@H](C)OC(=O)[C@H](C)CC(=O)c1nccc(OC)c1O. The van der Waals surface area contributed by atoms with Crippen molar-refractivity contribution in [3.8, 4) is 23.0 Å². The minimum atomic E-state index is -0.785. The molecule has 0 fully saturated rings. The molecule has 0 bridgehead atoms. The van der Waals surface area contributed by atoms with Gasteiger partial charge in [-0.3, -0.25) is 9.59 Å². The van der Waals surface area contributed by atoms with Gasteiger partial charge < -0.3 is 24.1 Å². The molecule has 0 aliphatic carbocycles. The molecule has 0 radical (unpaired) electrons. The summed E-state index contributed by atoms with van der Waals surface area (Å²) >= 11 is 0. The van der Waals surface area contributed by atoms with Crippen LogP contribution in [0.3, 0.4) is 0 Å². The number of hydrogen-bond acceptors (Lipinski definition) is 8. The number of hydrogen-bond donors (Lipinski definition) is 1. The first-order valence-electron chi connectivity index (χ1n) is 11.2. The number of Topliss-reactive ketones (excluding diaryl/α,β-unsaturated/α-hetero) is 1. The first-order chi connectivity index (χ1) is 16.8. The fourth-order valence-corrected chi connectivity index (χ4v) is 3.58. The van der Waals surface area contributed by atoms with Crippen LogP contribution >= 0.6 is 0 Å². The Bertz CT molecular complexity index is 1150. The van der Waals surface area contributed by atoms with Gasteiger partial charge in [0.05, 0.1) is 20.1 Å². The van der Waals surface area contributed by atoms with Gasteiger partial charge in [0, 0.05) is 24.2 Å². The number of ether oxygens (including phenoxy) is 4. The number of carbonyl (C=O) groups excluding carboxylic acids is 2. The molecular weight excluding hydrogens is 450 g/mol. The van der Waals surface area contributed by atoms with Gasteiger partial charge in [0.1, 0.15) is 17.6 Å². The van der Waals surface area contributed by atoms with Gasteiger partial charge in [-0.15, -0.1) is 0 Å². The Morgan fingerprint density at radius 1 is 0.914 bits per heavy atom. The van der Waals surface area contributed by atoms with Crippen LogP contribution in [0.1, 0.15) is 42.4 Å². The number of methoxy groups -OCH3 is 2. The van der Waals surface area contributed by atoms with E-state index in [2.05, 4.69) is 4.98 Å². The molecule has 0 aliphatic heterocycles. The maximum Gasteiger partial charge on any atom is 0.309 e. The van der Waals surface area contributed by atoms with Crippen LogP contribution in [-0.4, -0.2) is 42.2 Å². The molecule has 1 N–H and O–H groups in total. The van der Waals surface area contributed by atoms with Crippen molar-refractivity contribution < 1.29 is 33.6 Å². The molecule has 3 aromatic rings. The fourth-order valence-electron chi connectivity index (χ4n) is 3.58. The van der Waals surface area contributed by atoms with E-state index in [0.29, 0.717) is 17.1 Å². The van der Waals surface area contributed by atoms with Crippen molar-refractivity contribution in [1.82, 2.24) is 4.98 Å². The molecule has 0 saturated heterocycles. The Hall–Kier alpha value is -4.07. The lowest BCUT2D eigenvalue weighted by Gasteiger charge is -2.27. The van der Waals surface area contributed by atoms with Crippen molar-refractivity contribution in [2.75, 3.05) is 14.2 Å². The van der Waals surface area contributed by atoms with Gasteiger partial charge >= 0.3 is 5.97 Å². The average Bonchev–Trinajstić information content (AvgIpc) is 2.87. The predicted octanol–water partition coefficient (Wildman–Crippen LogP) is 4.77. The van der Waals surface area contributed by atoms with E-state index in [4.69, 9.17) is 18.9 Å². The van der Waals surface area contributed by atoms with Crippen molar-refractivity contribution in [1.29, 1.82) is 0 Å². The molecule has 3 rings (SSSR count). The summed E-state index contributed by atoms with van der Waals surface area (Å²) in [6.45, 7) is 3.31. The highest BCUT2D eigenvalue weighted by molar-refractivity contribution is 5.99. The molecule has 1 aromatic heterocycles. The number of rotatable bonds is 11. The second-order valence-corrected chi connectivity index (χ2v) is 7.97. The van der Waals surface area contributed by atoms with Crippen LogP contribution in [0.5, 0.6) is 23.0 Å². The van der Waals surface area contributed by atoms with E-state index < -0.39 is 29.9 Å². The highest BCUT2D eigenvalue weighted by Gasteiger charge is 2.30.